The summed E-state index contributed by atoms with van der Waals surface area (Å²) in [6.45, 7) is 1.26. The Hall–Kier alpha value is -1.56. The molecule has 23 heavy (non-hydrogen) atoms. The van der Waals surface area contributed by atoms with Crippen molar-refractivity contribution in [2.24, 2.45) is 5.92 Å². The average molecular weight is 337 g/mol. The van der Waals surface area contributed by atoms with Crippen molar-refractivity contribution in [1.29, 1.82) is 0 Å². The van der Waals surface area contributed by atoms with E-state index in [9.17, 15) is 13.2 Å². The Bertz CT molecular complexity index is 699. The number of carbonyl (C=O) groups excluding carboxylic acids is 1. The highest BCUT2D eigenvalue weighted by Crippen LogP contribution is 2.29. The fourth-order valence-electron chi connectivity index (χ4n) is 3.63. The summed E-state index contributed by atoms with van der Waals surface area (Å²) < 4.78 is 28.8. The highest BCUT2D eigenvalue weighted by molar-refractivity contribution is 7.91. The van der Waals surface area contributed by atoms with Gasteiger partial charge in [0.2, 0.25) is 5.91 Å². The van der Waals surface area contributed by atoms with Gasteiger partial charge in [0.1, 0.15) is 5.75 Å². The standard InChI is InChI=1S/C17H23NO4S/c1-22-16-6-2-5-14-11-18(8-7-15(14)16)17(19)10-13-4-3-9-23(20,21)12-13/h2,5-6,13H,3-4,7-12H2,1H3. The molecule has 0 spiro atoms. The number of methoxy groups -OCH3 is 1. The van der Waals surface area contributed by atoms with Crippen molar-refractivity contribution in [2.75, 3.05) is 25.2 Å². The van der Waals surface area contributed by atoms with Gasteiger partial charge in [0.05, 0.1) is 18.6 Å². The zero-order valence-corrected chi connectivity index (χ0v) is 14.3. The molecule has 0 bridgehead atoms. The van der Waals surface area contributed by atoms with E-state index < -0.39 is 9.84 Å². The summed E-state index contributed by atoms with van der Waals surface area (Å²) >= 11 is 0. The van der Waals surface area contributed by atoms with E-state index in [1.54, 1.807) is 7.11 Å². The lowest BCUT2D eigenvalue weighted by Crippen LogP contribution is -2.38. The van der Waals surface area contributed by atoms with Crippen LogP contribution in [-0.4, -0.2) is 44.4 Å². The normalized spacial score (nSPS) is 23.2. The van der Waals surface area contributed by atoms with Crippen molar-refractivity contribution in [3.8, 4) is 5.75 Å². The molecule has 1 saturated heterocycles. The third-order valence-electron chi connectivity index (χ3n) is 4.82. The van der Waals surface area contributed by atoms with Gasteiger partial charge in [0.15, 0.2) is 9.84 Å². The first kappa shape index (κ1) is 16.3. The molecule has 0 N–H and O–H groups in total. The number of hydrogen-bond acceptors (Lipinski definition) is 4. The van der Waals surface area contributed by atoms with Crippen molar-refractivity contribution in [3.63, 3.8) is 0 Å². The van der Waals surface area contributed by atoms with Crippen molar-refractivity contribution < 1.29 is 17.9 Å². The van der Waals surface area contributed by atoms with Crippen LogP contribution in [0, 0.1) is 5.92 Å². The summed E-state index contributed by atoms with van der Waals surface area (Å²) in [5, 5.41) is 0. The molecule has 5 nitrogen and oxygen atoms in total. The van der Waals surface area contributed by atoms with Crippen molar-refractivity contribution >= 4 is 15.7 Å². The van der Waals surface area contributed by atoms with Gasteiger partial charge in [0, 0.05) is 25.1 Å². The lowest BCUT2D eigenvalue weighted by atomic mass is 9.96. The Kier molecular flexibility index (Phi) is 4.62. The Morgan fingerprint density at radius 1 is 1.39 bits per heavy atom. The van der Waals surface area contributed by atoms with Gasteiger partial charge in [-0.3, -0.25) is 4.79 Å². The second kappa shape index (κ2) is 6.51. The first-order valence-corrected chi connectivity index (χ1v) is 9.93. The molecule has 1 fully saturated rings. The van der Waals surface area contributed by atoms with E-state index in [1.807, 2.05) is 23.1 Å². The van der Waals surface area contributed by atoms with Gasteiger partial charge >= 0.3 is 0 Å². The topological polar surface area (TPSA) is 63.7 Å². The summed E-state index contributed by atoms with van der Waals surface area (Å²) in [5.74, 6) is 1.37. The molecule has 0 aromatic heterocycles. The van der Waals surface area contributed by atoms with Crippen LogP contribution in [0.4, 0.5) is 0 Å². The summed E-state index contributed by atoms with van der Waals surface area (Å²) in [5.41, 5.74) is 2.31. The van der Waals surface area contributed by atoms with Crippen molar-refractivity contribution in [3.05, 3.63) is 29.3 Å². The first-order valence-electron chi connectivity index (χ1n) is 8.11. The summed E-state index contributed by atoms with van der Waals surface area (Å²) in [6, 6.07) is 5.92. The van der Waals surface area contributed by atoms with Gasteiger partial charge in [-0.05, 0) is 36.8 Å². The molecule has 3 rings (SSSR count). The molecule has 2 heterocycles. The van der Waals surface area contributed by atoms with E-state index in [1.165, 1.54) is 5.56 Å². The van der Waals surface area contributed by atoms with E-state index >= 15 is 0 Å². The molecule has 0 saturated carbocycles. The third-order valence-corrected chi connectivity index (χ3v) is 6.71. The van der Waals surface area contributed by atoms with Crippen LogP contribution in [0.15, 0.2) is 18.2 Å². The molecular formula is C17H23NO4S. The molecule has 1 unspecified atom stereocenters. The molecule has 126 valence electrons. The Morgan fingerprint density at radius 3 is 2.96 bits per heavy atom. The average Bonchev–Trinajstić information content (AvgIpc) is 2.52. The SMILES string of the molecule is COc1cccc2c1CCN(C(=O)CC1CCCS(=O)(=O)C1)C2. The fraction of sp³-hybridized carbons (Fsp3) is 0.588. The van der Waals surface area contributed by atoms with Crippen LogP contribution in [-0.2, 0) is 27.6 Å². The van der Waals surface area contributed by atoms with Gasteiger partial charge in [-0.2, -0.15) is 0 Å². The van der Waals surface area contributed by atoms with Crippen LogP contribution >= 0.6 is 0 Å². The minimum Gasteiger partial charge on any atom is -0.496 e. The lowest BCUT2D eigenvalue weighted by Gasteiger charge is -2.31. The van der Waals surface area contributed by atoms with Crippen LogP contribution in [0.25, 0.3) is 0 Å². The van der Waals surface area contributed by atoms with Gasteiger partial charge in [-0.1, -0.05) is 12.1 Å². The zero-order valence-electron chi connectivity index (χ0n) is 13.5. The monoisotopic (exact) mass is 337 g/mol. The van der Waals surface area contributed by atoms with Crippen LogP contribution in [0.5, 0.6) is 5.75 Å². The Labute approximate surface area is 137 Å². The molecule has 6 heteroatoms. The van der Waals surface area contributed by atoms with Gasteiger partial charge in [0.25, 0.3) is 0 Å². The number of hydrogen-bond donors (Lipinski definition) is 0. The van der Waals surface area contributed by atoms with Gasteiger partial charge in [-0.15, -0.1) is 0 Å². The van der Waals surface area contributed by atoms with Crippen LogP contribution in [0.3, 0.4) is 0 Å². The third kappa shape index (κ3) is 3.68. The number of ether oxygens (including phenoxy) is 1. The number of fused-ring (bicyclic) bond motifs is 1. The maximum Gasteiger partial charge on any atom is 0.223 e. The molecule has 1 amide bonds. The number of amides is 1. The number of sulfone groups is 1. The molecule has 1 aromatic carbocycles. The Balaban J connectivity index is 1.65. The number of rotatable bonds is 3. The molecule has 2 aliphatic heterocycles. The van der Waals surface area contributed by atoms with E-state index in [-0.39, 0.29) is 23.3 Å². The maximum atomic E-state index is 12.5. The van der Waals surface area contributed by atoms with Crippen molar-refractivity contribution in [1.82, 2.24) is 4.90 Å². The Morgan fingerprint density at radius 2 is 2.22 bits per heavy atom. The minimum absolute atomic E-state index is 0.0204. The molecular weight excluding hydrogens is 314 g/mol. The quantitative estimate of drug-likeness (QED) is 0.844. The molecule has 0 radical (unpaired) electrons. The highest BCUT2D eigenvalue weighted by atomic mass is 32.2. The predicted molar refractivity (Wildman–Crippen MR) is 88.1 cm³/mol. The second-order valence-corrected chi connectivity index (χ2v) is 8.72. The lowest BCUT2D eigenvalue weighted by molar-refractivity contribution is -0.133. The molecule has 2 aliphatic rings. The van der Waals surface area contributed by atoms with E-state index in [4.69, 9.17) is 4.74 Å². The first-order chi connectivity index (χ1) is 11.0. The highest BCUT2D eigenvalue weighted by Gasteiger charge is 2.29. The van der Waals surface area contributed by atoms with Gasteiger partial charge < -0.3 is 9.64 Å². The smallest absolute Gasteiger partial charge is 0.223 e. The zero-order chi connectivity index (χ0) is 16.4. The number of nitrogens with zero attached hydrogens (tertiary/aromatic N) is 1. The molecule has 0 aliphatic carbocycles. The predicted octanol–water partition coefficient (Wildman–Crippen LogP) is 1.79. The van der Waals surface area contributed by atoms with Gasteiger partial charge in [-0.25, -0.2) is 8.42 Å². The van der Waals surface area contributed by atoms with Crippen molar-refractivity contribution in [2.45, 2.75) is 32.2 Å². The van der Waals surface area contributed by atoms with E-state index in [0.717, 1.165) is 24.2 Å². The van der Waals surface area contributed by atoms with Crippen LogP contribution in [0.2, 0.25) is 0 Å². The second-order valence-electron chi connectivity index (χ2n) is 6.49. The van der Waals surface area contributed by atoms with E-state index in [0.29, 0.717) is 25.9 Å². The summed E-state index contributed by atoms with van der Waals surface area (Å²) in [6.07, 6.45) is 2.65. The molecule has 1 aromatic rings. The largest absolute Gasteiger partial charge is 0.496 e. The maximum absolute atomic E-state index is 12.5. The summed E-state index contributed by atoms with van der Waals surface area (Å²) in [7, 11) is -1.29. The fourth-order valence-corrected chi connectivity index (χ4v) is 5.41. The van der Waals surface area contributed by atoms with E-state index in [2.05, 4.69) is 0 Å². The number of carbonyl (C=O) groups is 1. The van der Waals surface area contributed by atoms with Crippen LogP contribution < -0.4 is 4.74 Å². The van der Waals surface area contributed by atoms with Crippen LogP contribution in [0.1, 0.15) is 30.4 Å². The minimum atomic E-state index is -2.95. The number of benzene rings is 1. The summed E-state index contributed by atoms with van der Waals surface area (Å²) in [4.78, 5) is 14.4. The molecule has 1 atom stereocenters.